The molecule has 2 aromatic carbocycles. The Labute approximate surface area is 155 Å². The lowest BCUT2D eigenvalue weighted by Crippen LogP contribution is -2.24. The summed E-state index contributed by atoms with van der Waals surface area (Å²) < 4.78 is 15.7. The number of amides is 1. The van der Waals surface area contributed by atoms with Gasteiger partial charge in [0, 0.05) is 11.6 Å². The van der Waals surface area contributed by atoms with Gasteiger partial charge in [-0.3, -0.25) is 14.9 Å². The standard InChI is InChI=1S/C18H19N3O6/c1-3-26-16-6-4-5-7-17(16)27-12-18(22)20-19-11-13-8-9-15(25-2)14(10-13)21(23)24/h4-11H,3,12H2,1-2H3,(H,20,22)/b19-11-. The first-order valence-corrected chi connectivity index (χ1v) is 8.04. The summed E-state index contributed by atoms with van der Waals surface area (Å²) >= 11 is 0. The van der Waals surface area contributed by atoms with Crippen molar-refractivity contribution in [3.8, 4) is 17.2 Å². The maximum atomic E-state index is 11.8. The van der Waals surface area contributed by atoms with Crippen LogP contribution in [0.25, 0.3) is 0 Å². The van der Waals surface area contributed by atoms with Crippen molar-refractivity contribution < 1.29 is 23.9 Å². The third-order valence-electron chi connectivity index (χ3n) is 3.31. The smallest absolute Gasteiger partial charge is 0.311 e. The van der Waals surface area contributed by atoms with Crippen molar-refractivity contribution >= 4 is 17.8 Å². The van der Waals surface area contributed by atoms with E-state index in [-0.39, 0.29) is 18.0 Å². The SMILES string of the molecule is CCOc1ccccc1OCC(=O)N/N=C\c1ccc(OC)c([N+](=O)[O-])c1. The molecule has 0 spiro atoms. The molecule has 0 fully saturated rings. The number of para-hydroxylation sites is 2. The third-order valence-corrected chi connectivity index (χ3v) is 3.31. The highest BCUT2D eigenvalue weighted by Gasteiger charge is 2.14. The summed E-state index contributed by atoms with van der Waals surface area (Å²) in [5.74, 6) is 0.647. The monoisotopic (exact) mass is 373 g/mol. The van der Waals surface area contributed by atoms with Crippen molar-refractivity contribution in [3.63, 3.8) is 0 Å². The molecule has 0 aliphatic carbocycles. The number of carbonyl (C=O) groups is 1. The number of hydrogen-bond acceptors (Lipinski definition) is 7. The first kappa shape index (κ1) is 19.7. The Hall–Kier alpha value is -3.62. The van der Waals surface area contributed by atoms with E-state index in [1.54, 1.807) is 30.3 Å². The van der Waals surface area contributed by atoms with Crippen LogP contribution in [0.5, 0.6) is 17.2 Å². The van der Waals surface area contributed by atoms with Crippen molar-refractivity contribution in [1.29, 1.82) is 0 Å². The van der Waals surface area contributed by atoms with E-state index >= 15 is 0 Å². The molecule has 0 aliphatic rings. The second-order valence-corrected chi connectivity index (χ2v) is 5.15. The Kier molecular flexibility index (Phi) is 7.12. The van der Waals surface area contributed by atoms with Gasteiger partial charge in [0.15, 0.2) is 23.9 Å². The fourth-order valence-electron chi connectivity index (χ4n) is 2.13. The van der Waals surface area contributed by atoms with Crippen LogP contribution in [0.3, 0.4) is 0 Å². The molecule has 0 unspecified atom stereocenters. The fraction of sp³-hybridized carbons (Fsp3) is 0.222. The Bertz CT molecular complexity index is 838. The van der Waals surface area contributed by atoms with Crippen LogP contribution in [0.1, 0.15) is 12.5 Å². The van der Waals surface area contributed by atoms with Crippen molar-refractivity contribution in [1.82, 2.24) is 5.43 Å². The second-order valence-electron chi connectivity index (χ2n) is 5.15. The summed E-state index contributed by atoms with van der Waals surface area (Å²) in [4.78, 5) is 22.3. The van der Waals surface area contributed by atoms with Crippen LogP contribution in [0, 0.1) is 10.1 Å². The Morgan fingerprint density at radius 1 is 1.19 bits per heavy atom. The number of nitrogens with one attached hydrogen (secondary N) is 1. The molecule has 0 saturated heterocycles. The van der Waals surface area contributed by atoms with Crippen LogP contribution >= 0.6 is 0 Å². The molecule has 0 atom stereocenters. The van der Waals surface area contributed by atoms with Gasteiger partial charge in [-0.1, -0.05) is 12.1 Å². The lowest BCUT2D eigenvalue weighted by atomic mass is 10.2. The van der Waals surface area contributed by atoms with Gasteiger partial charge in [0.05, 0.1) is 24.9 Å². The van der Waals surface area contributed by atoms with E-state index in [1.165, 1.54) is 25.5 Å². The van der Waals surface area contributed by atoms with Crippen molar-refractivity contribution in [3.05, 3.63) is 58.1 Å². The van der Waals surface area contributed by atoms with Crippen LogP contribution in [0.15, 0.2) is 47.6 Å². The van der Waals surface area contributed by atoms with Gasteiger partial charge in [0.25, 0.3) is 5.91 Å². The molecule has 27 heavy (non-hydrogen) atoms. The molecule has 2 aromatic rings. The molecule has 0 saturated carbocycles. The fourth-order valence-corrected chi connectivity index (χ4v) is 2.13. The zero-order valence-corrected chi connectivity index (χ0v) is 14.9. The van der Waals surface area contributed by atoms with Crippen molar-refractivity contribution in [2.75, 3.05) is 20.3 Å². The molecule has 1 amide bonds. The molecular weight excluding hydrogens is 354 g/mol. The van der Waals surface area contributed by atoms with E-state index in [4.69, 9.17) is 14.2 Å². The number of carbonyl (C=O) groups excluding carboxylic acids is 1. The minimum atomic E-state index is -0.557. The summed E-state index contributed by atoms with van der Waals surface area (Å²) in [6.45, 7) is 2.07. The molecule has 0 heterocycles. The summed E-state index contributed by atoms with van der Waals surface area (Å²) in [7, 11) is 1.35. The summed E-state index contributed by atoms with van der Waals surface area (Å²) in [6, 6.07) is 11.3. The molecule has 142 valence electrons. The largest absolute Gasteiger partial charge is 0.490 e. The first-order valence-electron chi connectivity index (χ1n) is 8.04. The molecule has 1 N–H and O–H groups in total. The summed E-state index contributed by atoms with van der Waals surface area (Å²) in [6.07, 6.45) is 1.29. The Morgan fingerprint density at radius 3 is 2.52 bits per heavy atom. The van der Waals surface area contributed by atoms with Crippen LogP contribution in [0.2, 0.25) is 0 Å². The number of hydrazone groups is 1. The molecular formula is C18H19N3O6. The van der Waals surface area contributed by atoms with Crippen LogP contribution in [-0.2, 0) is 4.79 Å². The first-order chi connectivity index (χ1) is 13.0. The maximum absolute atomic E-state index is 11.8. The topological polar surface area (TPSA) is 112 Å². The average molecular weight is 373 g/mol. The minimum absolute atomic E-state index is 0.141. The summed E-state index contributed by atoms with van der Waals surface area (Å²) in [5, 5.41) is 14.8. The quantitative estimate of drug-likeness (QED) is 0.411. The van der Waals surface area contributed by atoms with Gasteiger partial charge >= 0.3 is 5.69 Å². The number of ether oxygens (including phenoxy) is 3. The minimum Gasteiger partial charge on any atom is -0.490 e. The van der Waals surface area contributed by atoms with Gasteiger partial charge < -0.3 is 14.2 Å². The average Bonchev–Trinajstić information content (AvgIpc) is 2.67. The van der Waals surface area contributed by atoms with Gasteiger partial charge in [0.1, 0.15) is 0 Å². The van der Waals surface area contributed by atoms with Crippen LogP contribution in [0.4, 0.5) is 5.69 Å². The molecule has 2 rings (SSSR count). The zero-order chi connectivity index (χ0) is 19.6. The van der Waals surface area contributed by atoms with Crippen molar-refractivity contribution in [2.45, 2.75) is 6.92 Å². The molecule has 9 nitrogen and oxygen atoms in total. The van der Waals surface area contributed by atoms with E-state index < -0.39 is 10.8 Å². The van der Waals surface area contributed by atoms with Gasteiger partial charge in [0.2, 0.25) is 0 Å². The second kappa shape index (κ2) is 9.76. The number of nitrogens with zero attached hydrogens (tertiary/aromatic N) is 2. The number of methoxy groups -OCH3 is 1. The predicted molar refractivity (Wildman–Crippen MR) is 98.5 cm³/mol. The molecule has 0 bridgehead atoms. The van der Waals surface area contributed by atoms with Crippen LogP contribution in [-0.4, -0.2) is 37.4 Å². The van der Waals surface area contributed by atoms with Crippen molar-refractivity contribution in [2.24, 2.45) is 5.10 Å². The number of rotatable bonds is 9. The van der Waals surface area contributed by atoms with Gasteiger partial charge in [-0.05, 0) is 31.2 Å². The number of nitro benzene ring substituents is 1. The normalized spacial score (nSPS) is 10.4. The lowest BCUT2D eigenvalue weighted by Gasteiger charge is -2.10. The highest BCUT2D eigenvalue weighted by atomic mass is 16.6. The van der Waals surface area contributed by atoms with Gasteiger partial charge in [-0.2, -0.15) is 5.10 Å². The van der Waals surface area contributed by atoms with E-state index in [1.807, 2.05) is 6.92 Å². The molecule has 0 aliphatic heterocycles. The zero-order valence-electron chi connectivity index (χ0n) is 14.9. The third kappa shape index (κ3) is 5.70. The van der Waals surface area contributed by atoms with Crippen LogP contribution < -0.4 is 19.6 Å². The molecule has 9 heteroatoms. The molecule has 0 aromatic heterocycles. The van der Waals surface area contributed by atoms with E-state index in [9.17, 15) is 14.9 Å². The van der Waals surface area contributed by atoms with E-state index in [2.05, 4.69) is 10.5 Å². The number of benzene rings is 2. The summed E-state index contributed by atoms with van der Waals surface area (Å²) in [5.41, 5.74) is 2.54. The number of nitro groups is 1. The highest BCUT2D eigenvalue weighted by Crippen LogP contribution is 2.27. The Balaban J connectivity index is 1.92. The molecule has 0 radical (unpaired) electrons. The lowest BCUT2D eigenvalue weighted by molar-refractivity contribution is -0.385. The number of hydrogen-bond donors (Lipinski definition) is 1. The van der Waals surface area contributed by atoms with Gasteiger partial charge in [-0.25, -0.2) is 5.43 Å². The van der Waals surface area contributed by atoms with Gasteiger partial charge in [-0.15, -0.1) is 0 Å². The van der Waals surface area contributed by atoms with E-state index in [0.717, 1.165) is 0 Å². The highest BCUT2D eigenvalue weighted by molar-refractivity contribution is 5.84. The predicted octanol–water partition coefficient (Wildman–Crippen LogP) is 2.53. The maximum Gasteiger partial charge on any atom is 0.311 e. The van der Waals surface area contributed by atoms with E-state index in [0.29, 0.717) is 23.7 Å². The Morgan fingerprint density at radius 2 is 1.89 bits per heavy atom.